The summed E-state index contributed by atoms with van der Waals surface area (Å²) in [5.41, 5.74) is 0. The van der Waals surface area contributed by atoms with E-state index in [1.807, 2.05) is 0 Å². The lowest BCUT2D eigenvalue weighted by molar-refractivity contribution is -0.000571. The molecule has 0 aliphatic carbocycles. The highest BCUT2D eigenvalue weighted by Crippen LogP contribution is 2.00. The van der Waals surface area contributed by atoms with Gasteiger partial charge in [-0.1, -0.05) is 12.8 Å². The molecule has 0 unspecified atom stereocenters. The van der Waals surface area contributed by atoms with E-state index >= 15 is 0 Å². The molecule has 0 bridgehead atoms. The maximum absolute atomic E-state index is 5.60. The molecule has 0 aromatic carbocycles. The van der Waals surface area contributed by atoms with Crippen molar-refractivity contribution < 1.29 is 18.9 Å². The Hall–Kier alpha value is 0.480. The highest BCUT2D eigenvalue weighted by atomic mass is 35.5. The molecule has 0 aromatic heterocycles. The van der Waals surface area contributed by atoms with Gasteiger partial charge in [0.1, 0.15) is 0 Å². The Morgan fingerprint density at radius 2 is 1.00 bits per heavy atom. The number of hydrogen-bond donors (Lipinski definition) is 1. The first-order valence-electron chi connectivity index (χ1n) is 7.39. The van der Waals surface area contributed by atoms with Crippen molar-refractivity contribution in [2.45, 2.75) is 25.7 Å². The summed E-state index contributed by atoms with van der Waals surface area (Å²) in [5, 5.41) is 0. The maximum Gasteiger partial charge on any atom is 0.0701 e. The van der Waals surface area contributed by atoms with Crippen molar-refractivity contribution in [1.29, 1.82) is 0 Å². The number of alkyl halides is 1. The second-order valence-electron chi connectivity index (χ2n) is 4.28. The molecule has 0 aliphatic rings. The Kier molecular flexibility index (Phi) is 19.9. The van der Waals surface area contributed by atoms with Crippen molar-refractivity contribution in [1.82, 2.24) is 0 Å². The van der Waals surface area contributed by atoms with Gasteiger partial charge in [-0.05, 0) is 12.8 Å². The van der Waals surface area contributed by atoms with Gasteiger partial charge in [0.2, 0.25) is 0 Å². The van der Waals surface area contributed by atoms with Crippen molar-refractivity contribution in [2.24, 2.45) is 0 Å². The Morgan fingerprint density at radius 1 is 0.550 bits per heavy atom. The molecule has 0 radical (unpaired) electrons. The first-order chi connectivity index (χ1) is 9.91. The largest absolute Gasteiger partial charge is 0.379 e. The molecular formula is C14H29ClO4S. The molecule has 0 rings (SSSR count). The number of hydrogen-bond acceptors (Lipinski definition) is 5. The van der Waals surface area contributed by atoms with Gasteiger partial charge in [0, 0.05) is 18.2 Å². The molecule has 0 saturated carbocycles. The maximum atomic E-state index is 5.60. The van der Waals surface area contributed by atoms with Gasteiger partial charge in [0.25, 0.3) is 0 Å². The number of unbranched alkanes of at least 4 members (excludes halogenated alkanes) is 3. The standard InChI is InChI=1S/C14H29ClO4S/c15-5-3-1-2-4-6-16-7-8-17-9-10-18-11-12-19-13-14-20/h20H,1-14H2. The van der Waals surface area contributed by atoms with Gasteiger partial charge < -0.3 is 18.9 Å². The average molecular weight is 329 g/mol. The zero-order valence-electron chi connectivity index (χ0n) is 12.4. The lowest BCUT2D eigenvalue weighted by atomic mass is 10.2. The van der Waals surface area contributed by atoms with Crippen LogP contribution in [0.15, 0.2) is 0 Å². The van der Waals surface area contributed by atoms with Crippen LogP contribution >= 0.6 is 24.2 Å². The molecule has 122 valence electrons. The fourth-order valence-corrected chi connectivity index (χ4v) is 1.80. The first-order valence-corrected chi connectivity index (χ1v) is 8.56. The fraction of sp³-hybridized carbons (Fsp3) is 1.00. The molecule has 6 heteroatoms. The highest BCUT2D eigenvalue weighted by molar-refractivity contribution is 7.80. The SMILES string of the molecule is SCCOCCOCCOCCOCCCCCCCl. The Labute approximate surface area is 133 Å². The minimum atomic E-state index is 0.600. The summed E-state index contributed by atoms with van der Waals surface area (Å²) >= 11 is 9.64. The smallest absolute Gasteiger partial charge is 0.0701 e. The topological polar surface area (TPSA) is 36.9 Å². The Balaban J connectivity index is 2.89. The van der Waals surface area contributed by atoms with Gasteiger partial charge in [0.05, 0.1) is 46.2 Å². The van der Waals surface area contributed by atoms with Gasteiger partial charge >= 0.3 is 0 Å². The minimum absolute atomic E-state index is 0.600. The number of rotatable bonds is 17. The highest BCUT2D eigenvalue weighted by Gasteiger charge is 1.93. The molecule has 0 spiro atoms. The quantitative estimate of drug-likeness (QED) is 0.253. The number of thiol groups is 1. The van der Waals surface area contributed by atoms with Gasteiger partial charge in [-0.3, -0.25) is 0 Å². The molecule has 0 fully saturated rings. The lowest BCUT2D eigenvalue weighted by Crippen LogP contribution is -2.12. The van der Waals surface area contributed by atoms with Crippen LogP contribution in [0.1, 0.15) is 25.7 Å². The summed E-state index contributed by atoms with van der Waals surface area (Å²) < 4.78 is 21.4. The van der Waals surface area contributed by atoms with E-state index in [0.29, 0.717) is 46.2 Å². The van der Waals surface area contributed by atoms with Crippen LogP contribution in [-0.2, 0) is 18.9 Å². The van der Waals surface area contributed by atoms with E-state index in [4.69, 9.17) is 30.5 Å². The second-order valence-corrected chi connectivity index (χ2v) is 5.10. The van der Waals surface area contributed by atoms with Gasteiger partial charge in [-0.15, -0.1) is 11.6 Å². The minimum Gasteiger partial charge on any atom is -0.379 e. The van der Waals surface area contributed by atoms with E-state index in [2.05, 4.69) is 12.6 Å². The normalized spacial score (nSPS) is 11.1. The zero-order chi connectivity index (χ0) is 14.7. The summed E-state index contributed by atoms with van der Waals surface area (Å²) in [6.07, 6.45) is 4.59. The van der Waals surface area contributed by atoms with Crippen molar-refractivity contribution in [3.8, 4) is 0 Å². The molecule has 0 heterocycles. The third kappa shape index (κ3) is 18.5. The molecular weight excluding hydrogens is 300 g/mol. The van der Waals surface area contributed by atoms with Crippen LogP contribution in [0, 0.1) is 0 Å². The van der Waals surface area contributed by atoms with Crippen molar-refractivity contribution in [3.05, 3.63) is 0 Å². The first kappa shape index (κ1) is 20.5. The van der Waals surface area contributed by atoms with Crippen LogP contribution in [0.25, 0.3) is 0 Å². The fourth-order valence-electron chi connectivity index (χ4n) is 1.48. The average Bonchev–Trinajstić information content (AvgIpc) is 2.47. The van der Waals surface area contributed by atoms with E-state index in [9.17, 15) is 0 Å². The molecule has 0 atom stereocenters. The van der Waals surface area contributed by atoms with Crippen LogP contribution in [0.5, 0.6) is 0 Å². The third-order valence-corrected chi connectivity index (χ3v) is 2.97. The molecule has 0 aromatic rings. The van der Waals surface area contributed by atoms with Gasteiger partial charge in [-0.2, -0.15) is 12.6 Å². The molecule has 0 N–H and O–H groups in total. The third-order valence-electron chi connectivity index (χ3n) is 2.52. The number of halogens is 1. The van der Waals surface area contributed by atoms with E-state index in [1.54, 1.807) is 0 Å². The second kappa shape index (κ2) is 19.5. The van der Waals surface area contributed by atoms with Crippen LogP contribution in [-0.4, -0.2) is 64.5 Å². The molecule has 4 nitrogen and oxygen atoms in total. The molecule has 0 aliphatic heterocycles. The summed E-state index contributed by atoms with van der Waals surface area (Å²) in [5.74, 6) is 1.51. The van der Waals surface area contributed by atoms with Gasteiger partial charge in [0.15, 0.2) is 0 Å². The Morgan fingerprint density at radius 3 is 1.50 bits per heavy atom. The lowest BCUT2D eigenvalue weighted by Gasteiger charge is -2.07. The number of ether oxygens (including phenoxy) is 4. The van der Waals surface area contributed by atoms with Crippen molar-refractivity contribution >= 4 is 24.2 Å². The molecule has 0 amide bonds. The predicted molar refractivity (Wildman–Crippen MR) is 86.3 cm³/mol. The van der Waals surface area contributed by atoms with Crippen molar-refractivity contribution in [3.63, 3.8) is 0 Å². The zero-order valence-corrected chi connectivity index (χ0v) is 14.0. The van der Waals surface area contributed by atoms with Crippen molar-refractivity contribution in [2.75, 3.05) is 64.5 Å². The predicted octanol–water partition coefficient (Wildman–Crippen LogP) is 2.78. The molecule has 20 heavy (non-hydrogen) atoms. The van der Waals surface area contributed by atoms with Gasteiger partial charge in [-0.25, -0.2) is 0 Å². The van der Waals surface area contributed by atoms with E-state index in [-0.39, 0.29) is 0 Å². The summed E-state index contributed by atoms with van der Waals surface area (Å²) in [6.45, 7) is 5.19. The summed E-state index contributed by atoms with van der Waals surface area (Å²) in [4.78, 5) is 0. The van der Waals surface area contributed by atoms with Crippen LogP contribution in [0.3, 0.4) is 0 Å². The summed E-state index contributed by atoms with van der Waals surface area (Å²) in [7, 11) is 0. The van der Waals surface area contributed by atoms with Crippen LogP contribution in [0.4, 0.5) is 0 Å². The van der Waals surface area contributed by atoms with E-state index in [0.717, 1.165) is 31.1 Å². The van der Waals surface area contributed by atoms with Crippen LogP contribution in [0.2, 0.25) is 0 Å². The van der Waals surface area contributed by atoms with E-state index < -0.39 is 0 Å². The van der Waals surface area contributed by atoms with E-state index in [1.165, 1.54) is 12.8 Å². The summed E-state index contributed by atoms with van der Waals surface area (Å²) in [6, 6.07) is 0. The molecule has 0 saturated heterocycles. The Bertz CT molecular complexity index is 157. The monoisotopic (exact) mass is 328 g/mol. The van der Waals surface area contributed by atoms with Crippen LogP contribution < -0.4 is 0 Å².